The molecule has 0 spiro atoms. The fraction of sp³-hybridized carbons (Fsp3) is 0.429. The first-order valence-electron chi connectivity index (χ1n) is 6.99. The summed E-state index contributed by atoms with van der Waals surface area (Å²) in [7, 11) is 1.58. The number of hydrogen-bond acceptors (Lipinski definition) is 6. The van der Waals surface area contributed by atoms with Gasteiger partial charge in [0.2, 0.25) is 5.91 Å². The van der Waals surface area contributed by atoms with Crippen molar-refractivity contribution in [2.45, 2.75) is 13.3 Å². The van der Waals surface area contributed by atoms with E-state index in [-0.39, 0.29) is 12.5 Å². The highest BCUT2D eigenvalue weighted by atomic mass is 16.5. The van der Waals surface area contributed by atoms with Gasteiger partial charge in [0.05, 0.1) is 24.6 Å². The molecule has 2 rings (SSSR count). The lowest BCUT2D eigenvalue weighted by atomic mass is 10.2. The van der Waals surface area contributed by atoms with Crippen molar-refractivity contribution < 1.29 is 14.3 Å². The number of para-hydroxylation sites is 2. The molecule has 8 heteroatoms. The zero-order chi connectivity index (χ0) is 15.8. The van der Waals surface area contributed by atoms with Gasteiger partial charge in [0, 0.05) is 13.5 Å². The lowest BCUT2D eigenvalue weighted by Crippen LogP contribution is -2.21. The van der Waals surface area contributed by atoms with Gasteiger partial charge in [-0.3, -0.25) is 4.79 Å². The molecule has 1 heterocycles. The summed E-state index contributed by atoms with van der Waals surface area (Å²) in [4.78, 5) is 11.9. The summed E-state index contributed by atoms with van der Waals surface area (Å²) in [6.07, 6.45) is 0.690. The van der Waals surface area contributed by atoms with Crippen molar-refractivity contribution in [1.82, 2.24) is 20.2 Å². The van der Waals surface area contributed by atoms with Crippen LogP contribution in [-0.2, 0) is 20.7 Å². The smallest absolute Gasteiger partial charge is 0.250 e. The maximum atomic E-state index is 11.9. The topological polar surface area (TPSA) is 91.2 Å². The van der Waals surface area contributed by atoms with Crippen molar-refractivity contribution in [3.63, 3.8) is 0 Å². The molecule has 1 aromatic heterocycles. The number of methoxy groups -OCH3 is 1. The van der Waals surface area contributed by atoms with Gasteiger partial charge >= 0.3 is 0 Å². The normalized spacial score (nSPS) is 10.6. The minimum atomic E-state index is -0.241. The third-order valence-corrected chi connectivity index (χ3v) is 2.92. The molecule has 0 saturated carbocycles. The average molecular weight is 305 g/mol. The number of amides is 1. The van der Waals surface area contributed by atoms with E-state index in [4.69, 9.17) is 9.47 Å². The Morgan fingerprint density at radius 2 is 2.14 bits per heavy atom. The monoisotopic (exact) mass is 305 g/mol. The summed E-state index contributed by atoms with van der Waals surface area (Å²) in [5.74, 6) is 0.479. The summed E-state index contributed by atoms with van der Waals surface area (Å²) in [6, 6.07) is 7.34. The van der Waals surface area contributed by atoms with E-state index in [2.05, 4.69) is 20.8 Å². The van der Waals surface area contributed by atoms with E-state index in [9.17, 15) is 4.79 Å². The van der Waals surface area contributed by atoms with Gasteiger partial charge in [-0.05, 0) is 22.6 Å². The number of benzene rings is 1. The summed E-state index contributed by atoms with van der Waals surface area (Å²) in [6.45, 7) is 2.76. The fourth-order valence-corrected chi connectivity index (χ4v) is 1.87. The predicted molar refractivity (Wildman–Crippen MR) is 79.9 cm³/mol. The van der Waals surface area contributed by atoms with Crippen molar-refractivity contribution >= 4 is 11.6 Å². The Labute approximate surface area is 128 Å². The lowest BCUT2D eigenvalue weighted by Gasteiger charge is -2.11. The van der Waals surface area contributed by atoms with Crippen LogP contribution in [0.2, 0.25) is 0 Å². The van der Waals surface area contributed by atoms with Crippen molar-refractivity contribution in [2.24, 2.45) is 0 Å². The second-order valence-electron chi connectivity index (χ2n) is 4.47. The molecule has 0 saturated heterocycles. The van der Waals surface area contributed by atoms with Gasteiger partial charge < -0.3 is 14.8 Å². The number of tetrazole rings is 1. The molecular weight excluding hydrogens is 286 g/mol. The third-order valence-electron chi connectivity index (χ3n) is 2.92. The zero-order valence-corrected chi connectivity index (χ0v) is 12.7. The van der Waals surface area contributed by atoms with Crippen molar-refractivity contribution in [2.75, 3.05) is 32.2 Å². The summed E-state index contributed by atoms with van der Waals surface area (Å²) < 4.78 is 11.7. The summed E-state index contributed by atoms with van der Waals surface area (Å²) >= 11 is 0. The van der Waals surface area contributed by atoms with Crippen LogP contribution in [0.4, 0.5) is 5.69 Å². The lowest BCUT2D eigenvalue weighted by molar-refractivity contribution is -0.121. The van der Waals surface area contributed by atoms with E-state index >= 15 is 0 Å². The Balaban J connectivity index is 2.07. The average Bonchev–Trinajstić information content (AvgIpc) is 3.00. The van der Waals surface area contributed by atoms with E-state index in [1.54, 1.807) is 17.9 Å². The van der Waals surface area contributed by atoms with Crippen molar-refractivity contribution in [1.29, 1.82) is 0 Å². The highest BCUT2D eigenvalue weighted by Gasteiger charge is 2.12. The van der Waals surface area contributed by atoms with Gasteiger partial charge in [0.15, 0.2) is 5.82 Å². The minimum Gasteiger partial charge on any atom is -0.382 e. The van der Waals surface area contributed by atoms with E-state index in [1.165, 1.54) is 0 Å². The number of ether oxygens (including phenoxy) is 2. The molecule has 0 aliphatic carbocycles. The number of aromatic nitrogens is 4. The van der Waals surface area contributed by atoms with Crippen LogP contribution in [-0.4, -0.2) is 53.0 Å². The number of carbonyl (C=O) groups excluding carboxylic acids is 1. The molecule has 0 aliphatic rings. The van der Waals surface area contributed by atoms with Crippen LogP contribution in [0.15, 0.2) is 24.3 Å². The maximum absolute atomic E-state index is 11.9. The molecule has 0 fully saturated rings. The Kier molecular flexibility index (Phi) is 5.99. The Morgan fingerprint density at radius 1 is 1.32 bits per heavy atom. The molecular formula is C14H19N5O3. The first-order valence-corrected chi connectivity index (χ1v) is 6.99. The largest absolute Gasteiger partial charge is 0.382 e. The Hall–Kier alpha value is -2.32. The predicted octanol–water partition coefficient (Wildman–Crippen LogP) is 0.826. The number of nitrogens with one attached hydrogen (secondary N) is 1. The van der Waals surface area contributed by atoms with Crippen LogP contribution in [0.5, 0.6) is 0 Å². The van der Waals surface area contributed by atoms with Gasteiger partial charge in [-0.1, -0.05) is 19.1 Å². The van der Waals surface area contributed by atoms with Crippen molar-refractivity contribution in [3.05, 3.63) is 30.1 Å². The molecule has 2 aromatic rings. The number of nitrogens with zero attached hydrogens (tertiary/aromatic N) is 4. The molecule has 1 amide bonds. The molecule has 0 unspecified atom stereocenters. The van der Waals surface area contributed by atoms with Crippen LogP contribution >= 0.6 is 0 Å². The van der Waals surface area contributed by atoms with Crippen molar-refractivity contribution in [3.8, 4) is 5.69 Å². The molecule has 22 heavy (non-hydrogen) atoms. The van der Waals surface area contributed by atoms with Gasteiger partial charge in [-0.2, -0.15) is 4.68 Å². The first kappa shape index (κ1) is 16.1. The van der Waals surface area contributed by atoms with Gasteiger partial charge in [-0.25, -0.2) is 0 Å². The Bertz CT molecular complexity index is 614. The Morgan fingerprint density at radius 3 is 2.91 bits per heavy atom. The highest BCUT2D eigenvalue weighted by Crippen LogP contribution is 2.19. The van der Waals surface area contributed by atoms with Crippen LogP contribution in [0.1, 0.15) is 12.7 Å². The third kappa shape index (κ3) is 4.09. The number of hydrogen-bond donors (Lipinski definition) is 1. The fourth-order valence-electron chi connectivity index (χ4n) is 1.87. The van der Waals surface area contributed by atoms with Gasteiger partial charge in [0.25, 0.3) is 0 Å². The standard InChI is InChI=1S/C14H19N5O3/c1-3-13-16-17-18-19(13)12-7-5-4-6-11(12)15-14(20)10-22-9-8-21-2/h4-7H,3,8-10H2,1-2H3,(H,15,20). The quantitative estimate of drug-likeness (QED) is 0.726. The van der Waals surface area contributed by atoms with Crippen LogP contribution in [0, 0.1) is 0 Å². The second-order valence-corrected chi connectivity index (χ2v) is 4.47. The first-order chi connectivity index (χ1) is 10.8. The molecule has 1 aromatic carbocycles. The second kappa shape index (κ2) is 8.20. The van der Waals surface area contributed by atoms with E-state index in [1.807, 2.05) is 25.1 Å². The molecule has 0 bridgehead atoms. The number of anilines is 1. The molecule has 0 atom stereocenters. The number of carbonyl (C=O) groups is 1. The maximum Gasteiger partial charge on any atom is 0.250 e. The molecule has 0 aliphatic heterocycles. The SMILES string of the molecule is CCc1nnnn1-c1ccccc1NC(=O)COCCOC. The molecule has 0 radical (unpaired) electrons. The van der Waals surface area contributed by atoms with Crippen LogP contribution < -0.4 is 5.32 Å². The molecule has 8 nitrogen and oxygen atoms in total. The molecule has 1 N–H and O–H groups in total. The van der Waals surface area contributed by atoms with Crippen LogP contribution in [0.3, 0.4) is 0 Å². The van der Waals surface area contributed by atoms with E-state index < -0.39 is 0 Å². The van der Waals surface area contributed by atoms with Gasteiger partial charge in [0.1, 0.15) is 6.61 Å². The van der Waals surface area contributed by atoms with Gasteiger partial charge in [-0.15, -0.1) is 5.10 Å². The molecule has 118 valence electrons. The number of aryl methyl sites for hydroxylation is 1. The number of rotatable bonds is 8. The summed E-state index contributed by atoms with van der Waals surface area (Å²) in [5.41, 5.74) is 1.35. The zero-order valence-electron chi connectivity index (χ0n) is 12.7. The highest BCUT2D eigenvalue weighted by molar-refractivity contribution is 5.93. The van der Waals surface area contributed by atoms with E-state index in [0.717, 1.165) is 11.5 Å². The van der Waals surface area contributed by atoms with E-state index in [0.29, 0.717) is 25.3 Å². The van der Waals surface area contributed by atoms with Crippen LogP contribution in [0.25, 0.3) is 5.69 Å². The minimum absolute atomic E-state index is 0.0338. The summed E-state index contributed by atoms with van der Waals surface area (Å²) in [5, 5.41) is 14.4.